The van der Waals surface area contributed by atoms with Gasteiger partial charge in [-0.1, -0.05) is 12.1 Å². The molecule has 0 saturated heterocycles. The van der Waals surface area contributed by atoms with Crippen LogP contribution in [-0.2, 0) is 21.2 Å². The summed E-state index contributed by atoms with van der Waals surface area (Å²) in [4.78, 5) is 11.9. The molecule has 2 aromatic rings. The lowest BCUT2D eigenvalue weighted by molar-refractivity contribution is -0.116. The van der Waals surface area contributed by atoms with Crippen LogP contribution in [0.1, 0.15) is 0 Å². The van der Waals surface area contributed by atoms with Gasteiger partial charge in [-0.15, -0.1) is 0 Å². The van der Waals surface area contributed by atoms with Crippen molar-refractivity contribution in [2.75, 3.05) is 17.3 Å². The molecule has 0 aliphatic carbocycles. The van der Waals surface area contributed by atoms with Gasteiger partial charge in [-0.3, -0.25) is 9.48 Å². The van der Waals surface area contributed by atoms with Crippen molar-refractivity contribution in [2.24, 2.45) is 0 Å². The summed E-state index contributed by atoms with van der Waals surface area (Å²) in [6.07, 6.45) is 2.66. The summed E-state index contributed by atoms with van der Waals surface area (Å²) in [6.45, 7) is -0.0463. The Balaban J connectivity index is 2.16. The van der Waals surface area contributed by atoms with Gasteiger partial charge in [0, 0.05) is 12.5 Å². The van der Waals surface area contributed by atoms with Gasteiger partial charge in [-0.25, -0.2) is 8.42 Å². The molecule has 1 heterocycles. The van der Waals surface area contributed by atoms with Crippen LogP contribution >= 0.6 is 0 Å². The minimum absolute atomic E-state index is 0.0463. The molecule has 0 radical (unpaired) electrons. The number of nitrogens with zero attached hydrogens (tertiary/aromatic N) is 2. The SMILES string of the molecule is CS(=O)(=O)c1ccccc1NC(=O)Cn1ccc(N)n1. The van der Waals surface area contributed by atoms with Gasteiger partial charge in [-0.2, -0.15) is 5.10 Å². The van der Waals surface area contributed by atoms with Crippen molar-refractivity contribution >= 4 is 27.2 Å². The smallest absolute Gasteiger partial charge is 0.246 e. The second kappa shape index (κ2) is 5.33. The minimum atomic E-state index is -3.40. The zero-order valence-electron chi connectivity index (χ0n) is 10.8. The van der Waals surface area contributed by atoms with E-state index in [1.807, 2.05) is 0 Å². The van der Waals surface area contributed by atoms with Gasteiger partial charge < -0.3 is 11.1 Å². The first-order chi connectivity index (χ1) is 9.36. The largest absolute Gasteiger partial charge is 0.382 e. The molecular formula is C12H14N4O3S. The summed E-state index contributed by atoms with van der Waals surface area (Å²) in [5, 5.41) is 6.43. The van der Waals surface area contributed by atoms with Crippen molar-refractivity contribution in [3.63, 3.8) is 0 Å². The van der Waals surface area contributed by atoms with Gasteiger partial charge in [-0.05, 0) is 18.2 Å². The lowest BCUT2D eigenvalue weighted by Gasteiger charge is -2.09. The molecule has 106 valence electrons. The molecule has 3 N–H and O–H groups in total. The van der Waals surface area contributed by atoms with Crippen molar-refractivity contribution in [3.05, 3.63) is 36.5 Å². The fraction of sp³-hybridized carbons (Fsp3) is 0.167. The van der Waals surface area contributed by atoms with Crippen molar-refractivity contribution < 1.29 is 13.2 Å². The van der Waals surface area contributed by atoms with E-state index in [2.05, 4.69) is 10.4 Å². The van der Waals surface area contributed by atoms with Crippen LogP contribution < -0.4 is 11.1 Å². The number of sulfone groups is 1. The molecule has 0 aliphatic heterocycles. The Hall–Kier alpha value is -2.35. The molecule has 0 bridgehead atoms. The topological polar surface area (TPSA) is 107 Å². The third-order valence-corrected chi connectivity index (χ3v) is 3.68. The Morgan fingerprint density at radius 2 is 2.05 bits per heavy atom. The standard InChI is InChI=1S/C12H14N4O3S/c1-20(18,19)10-5-3-2-4-9(10)14-12(17)8-16-7-6-11(13)15-16/h2-7H,8H2,1H3,(H2,13,15)(H,14,17). The Bertz CT molecular complexity index is 737. The average Bonchev–Trinajstić information content (AvgIpc) is 2.73. The van der Waals surface area contributed by atoms with E-state index < -0.39 is 9.84 Å². The Morgan fingerprint density at radius 3 is 2.65 bits per heavy atom. The average molecular weight is 294 g/mol. The summed E-state index contributed by atoms with van der Waals surface area (Å²) in [5.74, 6) is -0.0708. The van der Waals surface area contributed by atoms with Crippen LogP contribution in [0.4, 0.5) is 11.5 Å². The first-order valence-corrected chi connectivity index (χ1v) is 7.63. The van der Waals surface area contributed by atoms with Crippen LogP contribution in [0.25, 0.3) is 0 Å². The molecule has 0 fully saturated rings. The zero-order chi connectivity index (χ0) is 14.8. The second-order valence-corrected chi connectivity index (χ2v) is 6.24. The fourth-order valence-electron chi connectivity index (χ4n) is 1.70. The van der Waals surface area contributed by atoms with Crippen LogP contribution in [-0.4, -0.2) is 30.4 Å². The van der Waals surface area contributed by atoms with E-state index in [-0.39, 0.29) is 23.0 Å². The zero-order valence-corrected chi connectivity index (χ0v) is 11.6. The molecule has 0 unspecified atom stereocenters. The van der Waals surface area contributed by atoms with E-state index in [9.17, 15) is 13.2 Å². The number of carbonyl (C=O) groups excluding carboxylic acids is 1. The molecule has 8 heteroatoms. The number of nitrogens with two attached hydrogens (primary N) is 1. The van der Waals surface area contributed by atoms with Crippen molar-refractivity contribution in [2.45, 2.75) is 11.4 Å². The number of aromatic nitrogens is 2. The van der Waals surface area contributed by atoms with E-state index in [0.29, 0.717) is 5.82 Å². The Kier molecular flexibility index (Phi) is 3.75. The number of nitrogens with one attached hydrogen (secondary N) is 1. The molecular weight excluding hydrogens is 280 g/mol. The summed E-state index contributed by atoms with van der Waals surface area (Å²) < 4.78 is 24.6. The first-order valence-electron chi connectivity index (χ1n) is 5.74. The van der Waals surface area contributed by atoms with Crippen LogP contribution in [0.3, 0.4) is 0 Å². The molecule has 0 aliphatic rings. The summed E-state index contributed by atoms with van der Waals surface area (Å²) in [7, 11) is -3.40. The maximum absolute atomic E-state index is 11.9. The number of hydrogen-bond acceptors (Lipinski definition) is 5. The molecule has 2 rings (SSSR count). The minimum Gasteiger partial charge on any atom is -0.382 e. The number of rotatable bonds is 4. The number of amides is 1. The van der Waals surface area contributed by atoms with Crippen LogP contribution in [0.15, 0.2) is 41.4 Å². The molecule has 0 atom stereocenters. The molecule has 0 spiro atoms. The maximum Gasteiger partial charge on any atom is 0.246 e. The molecule has 7 nitrogen and oxygen atoms in total. The highest BCUT2D eigenvalue weighted by Gasteiger charge is 2.14. The predicted molar refractivity (Wildman–Crippen MR) is 74.8 cm³/mol. The Morgan fingerprint density at radius 1 is 1.35 bits per heavy atom. The van der Waals surface area contributed by atoms with Gasteiger partial charge >= 0.3 is 0 Å². The predicted octanol–water partition coefficient (Wildman–Crippen LogP) is 0.508. The van der Waals surface area contributed by atoms with Crippen LogP contribution in [0.2, 0.25) is 0 Å². The highest BCUT2D eigenvalue weighted by molar-refractivity contribution is 7.90. The Labute approximate surface area is 116 Å². The van der Waals surface area contributed by atoms with Gasteiger partial charge in [0.05, 0.1) is 10.6 Å². The molecule has 1 aromatic heterocycles. The van der Waals surface area contributed by atoms with Crippen molar-refractivity contribution in [3.8, 4) is 0 Å². The highest BCUT2D eigenvalue weighted by atomic mass is 32.2. The lowest BCUT2D eigenvalue weighted by atomic mass is 10.3. The second-order valence-electron chi connectivity index (χ2n) is 4.25. The van der Waals surface area contributed by atoms with Crippen LogP contribution in [0.5, 0.6) is 0 Å². The third-order valence-electron chi connectivity index (χ3n) is 2.53. The number of anilines is 2. The lowest BCUT2D eigenvalue weighted by Crippen LogP contribution is -2.20. The number of hydrogen-bond donors (Lipinski definition) is 2. The molecule has 0 saturated carbocycles. The monoisotopic (exact) mass is 294 g/mol. The van der Waals surface area contributed by atoms with E-state index in [1.165, 1.54) is 16.8 Å². The maximum atomic E-state index is 11.9. The summed E-state index contributed by atoms with van der Waals surface area (Å²) in [6, 6.07) is 7.79. The van der Waals surface area contributed by atoms with Gasteiger partial charge in [0.25, 0.3) is 0 Å². The van der Waals surface area contributed by atoms with Gasteiger partial charge in [0.15, 0.2) is 9.84 Å². The highest BCUT2D eigenvalue weighted by Crippen LogP contribution is 2.20. The van der Waals surface area contributed by atoms with E-state index in [4.69, 9.17) is 5.73 Å². The quantitative estimate of drug-likeness (QED) is 0.854. The summed E-state index contributed by atoms with van der Waals surface area (Å²) >= 11 is 0. The van der Waals surface area contributed by atoms with Crippen molar-refractivity contribution in [1.29, 1.82) is 0 Å². The molecule has 20 heavy (non-hydrogen) atoms. The van der Waals surface area contributed by atoms with E-state index >= 15 is 0 Å². The summed E-state index contributed by atoms with van der Waals surface area (Å²) in [5.41, 5.74) is 5.70. The normalized spacial score (nSPS) is 11.2. The first kappa shape index (κ1) is 14.1. The van der Waals surface area contributed by atoms with E-state index in [0.717, 1.165) is 6.26 Å². The molecule has 1 amide bonds. The van der Waals surface area contributed by atoms with Crippen LogP contribution in [0, 0.1) is 0 Å². The fourth-order valence-corrected chi connectivity index (χ4v) is 2.54. The number of para-hydroxylation sites is 1. The number of carbonyl (C=O) groups is 1. The van der Waals surface area contributed by atoms with Gasteiger partial charge in [0.2, 0.25) is 5.91 Å². The third kappa shape index (κ3) is 3.35. The van der Waals surface area contributed by atoms with E-state index in [1.54, 1.807) is 24.4 Å². The number of nitrogen functional groups attached to an aromatic ring is 1. The molecule has 1 aromatic carbocycles. The number of benzene rings is 1. The van der Waals surface area contributed by atoms with Gasteiger partial charge in [0.1, 0.15) is 12.4 Å². The van der Waals surface area contributed by atoms with Crippen molar-refractivity contribution in [1.82, 2.24) is 9.78 Å².